The quantitative estimate of drug-likeness (QED) is 0.648. The van der Waals surface area contributed by atoms with E-state index >= 15 is 0 Å². The minimum Gasteiger partial charge on any atom is -0.298 e. The molecule has 0 aliphatic heterocycles. The van der Waals surface area contributed by atoms with Crippen LogP contribution in [0.15, 0.2) is 18.2 Å². The number of hydrogen-bond acceptors (Lipinski definition) is 3. The molecule has 0 saturated carbocycles. The Morgan fingerprint density at radius 1 is 1.08 bits per heavy atom. The normalized spacial score (nSPS) is 12.2. The second-order valence-electron chi connectivity index (χ2n) is 3.95. The Morgan fingerprint density at radius 3 is 2.46 bits per heavy atom. The van der Waals surface area contributed by atoms with Crippen LogP contribution in [0.1, 0.15) is 0 Å². The van der Waals surface area contributed by atoms with E-state index in [9.17, 15) is 0 Å². The van der Waals surface area contributed by atoms with E-state index in [-0.39, 0.29) is 0 Å². The van der Waals surface area contributed by atoms with Gasteiger partial charge in [-0.3, -0.25) is 4.48 Å². The lowest BCUT2D eigenvalue weighted by Gasteiger charge is -2.22. The van der Waals surface area contributed by atoms with Gasteiger partial charge in [0.15, 0.2) is 0 Å². The van der Waals surface area contributed by atoms with Crippen molar-refractivity contribution in [2.75, 3.05) is 21.1 Å². The van der Waals surface area contributed by atoms with E-state index in [0.29, 0.717) is 0 Å². The van der Waals surface area contributed by atoms with Crippen molar-refractivity contribution in [3.63, 3.8) is 0 Å². The monoisotopic (exact) mass is 194 g/mol. The number of aromatic nitrogens is 2. The lowest BCUT2D eigenvalue weighted by Crippen LogP contribution is -2.34. The largest absolute Gasteiger partial charge is 0.298 e. The van der Waals surface area contributed by atoms with Gasteiger partial charge in [0.25, 0.3) is 0 Å². The minimum atomic E-state index is 0.813. The summed E-state index contributed by atoms with van der Waals surface area (Å²) >= 11 is 1.27. The fourth-order valence-corrected chi connectivity index (χ4v) is 1.71. The van der Waals surface area contributed by atoms with Gasteiger partial charge in [-0.2, -0.15) is 8.75 Å². The molecule has 0 N–H and O–H groups in total. The molecule has 2 rings (SSSR count). The van der Waals surface area contributed by atoms with Crippen molar-refractivity contribution in [1.29, 1.82) is 0 Å². The lowest BCUT2D eigenvalue weighted by atomic mass is 10.2. The molecule has 1 heterocycles. The van der Waals surface area contributed by atoms with Crippen LogP contribution in [0.3, 0.4) is 0 Å². The molecule has 3 nitrogen and oxygen atoms in total. The van der Waals surface area contributed by atoms with Crippen molar-refractivity contribution in [3.05, 3.63) is 18.2 Å². The average Bonchev–Trinajstić information content (AvgIpc) is 2.47. The lowest BCUT2D eigenvalue weighted by molar-refractivity contribution is 0.487. The molecule has 4 heteroatoms. The van der Waals surface area contributed by atoms with E-state index in [4.69, 9.17) is 0 Å². The first-order valence-electron chi connectivity index (χ1n) is 4.12. The van der Waals surface area contributed by atoms with Crippen molar-refractivity contribution in [2.45, 2.75) is 0 Å². The number of rotatable bonds is 1. The van der Waals surface area contributed by atoms with Gasteiger partial charge in [0.1, 0.15) is 16.7 Å². The maximum Gasteiger partial charge on any atom is 0.134 e. The topological polar surface area (TPSA) is 25.8 Å². The molecule has 13 heavy (non-hydrogen) atoms. The van der Waals surface area contributed by atoms with Gasteiger partial charge in [-0.05, 0) is 6.07 Å². The maximum atomic E-state index is 4.21. The fraction of sp³-hybridized carbons (Fsp3) is 0.333. The second-order valence-corrected chi connectivity index (χ2v) is 4.48. The van der Waals surface area contributed by atoms with Gasteiger partial charge >= 0.3 is 0 Å². The molecule has 68 valence electrons. The molecule has 0 radical (unpaired) electrons. The van der Waals surface area contributed by atoms with Gasteiger partial charge in [0, 0.05) is 12.1 Å². The van der Waals surface area contributed by atoms with E-state index in [0.717, 1.165) is 15.5 Å². The molecular weight excluding hydrogens is 182 g/mol. The van der Waals surface area contributed by atoms with Crippen molar-refractivity contribution >= 4 is 28.4 Å². The van der Waals surface area contributed by atoms with Crippen LogP contribution in [0.4, 0.5) is 5.69 Å². The molecule has 0 saturated heterocycles. The van der Waals surface area contributed by atoms with Crippen LogP contribution in [0.25, 0.3) is 11.0 Å². The van der Waals surface area contributed by atoms with Crippen LogP contribution >= 0.6 is 11.7 Å². The Morgan fingerprint density at radius 2 is 1.77 bits per heavy atom. The highest BCUT2D eigenvalue weighted by Gasteiger charge is 2.13. The summed E-state index contributed by atoms with van der Waals surface area (Å²) in [4.78, 5) is 0. The standard InChI is InChI=1S/C9H12N3S/c1-12(2,3)7-4-5-8-9(6-7)11-13-10-8/h4-6H,1-3H3/q+1. The van der Waals surface area contributed by atoms with Crippen LogP contribution in [-0.4, -0.2) is 29.9 Å². The Kier molecular flexibility index (Phi) is 1.82. The summed E-state index contributed by atoms with van der Waals surface area (Å²) in [7, 11) is 6.42. The number of quaternary nitrogens is 1. The zero-order chi connectivity index (χ0) is 9.47. The summed E-state index contributed by atoms with van der Waals surface area (Å²) in [6, 6.07) is 6.22. The predicted molar refractivity (Wildman–Crippen MR) is 57.0 cm³/mol. The maximum absolute atomic E-state index is 4.21. The summed E-state index contributed by atoms with van der Waals surface area (Å²) in [5, 5.41) is 0. The Hall–Kier alpha value is -1.00. The number of hydrogen-bond donors (Lipinski definition) is 0. The number of benzene rings is 1. The van der Waals surface area contributed by atoms with Crippen LogP contribution in [-0.2, 0) is 0 Å². The highest BCUT2D eigenvalue weighted by Crippen LogP contribution is 2.21. The highest BCUT2D eigenvalue weighted by molar-refractivity contribution is 7.00. The zero-order valence-corrected chi connectivity index (χ0v) is 8.80. The van der Waals surface area contributed by atoms with Gasteiger partial charge < -0.3 is 0 Å². The first kappa shape index (κ1) is 8.59. The van der Waals surface area contributed by atoms with Crippen LogP contribution in [0.2, 0.25) is 0 Å². The SMILES string of the molecule is C[N+](C)(C)c1ccc2nsnc2c1. The minimum absolute atomic E-state index is 0.813. The van der Waals surface area contributed by atoms with Gasteiger partial charge in [0.2, 0.25) is 0 Å². The van der Waals surface area contributed by atoms with Crippen molar-refractivity contribution < 1.29 is 0 Å². The summed E-state index contributed by atoms with van der Waals surface area (Å²) in [6.07, 6.45) is 0. The molecule has 0 bridgehead atoms. The molecule has 1 aromatic heterocycles. The number of fused-ring (bicyclic) bond motifs is 1. The van der Waals surface area contributed by atoms with Crippen LogP contribution < -0.4 is 4.48 Å². The van der Waals surface area contributed by atoms with Gasteiger partial charge in [-0.15, -0.1) is 0 Å². The fourth-order valence-electron chi connectivity index (χ4n) is 1.19. The summed E-state index contributed by atoms with van der Waals surface area (Å²) in [5.74, 6) is 0. The molecule has 1 aromatic carbocycles. The first-order chi connectivity index (χ1) is 6.07. The third-order valence-corrected chi connectivity index (χ3v) is 2.57. The smallest absolute Gasteiger partial charge is 0.134 e. The first-order valence-corrected chi connectivity index (χ1v) is 4.85. The molecule has 0 spiro atoms. The van der Waals surface area contributed by atoms with Crippen molar-refractivity contribution in [1.82, 2.24) is 13.2 Å². The van der Waals surface area contributed by atoms with Gasteiger partial charge in [0.05, 0.1) is 32.9 Å². The van der Waals surface area contributed by atoms with E-state index < -0.39 is 0 Å². The third kappa shape index (κ3) is 1.55. The Labute approximate surface area is 81.5 Å². The average molecular weight is 194 g/mol. The molecule has 0 amide bonds. The zero-order valence-electron chi connectivity index (χ0n) is 7.98. The van der Waals surface area contributed by atoms with E-state index in [1.807, 2.05) is 6.07 Å². The summed E-state index contributed by atoms with van der Waals surface area (Å²) in [6.45, 7) is 0. The third-order valence-electron chi connectivity index (χ3n) is 2.01. The second kappa shape index (κ2) is 2.75. The molecule has 0 fully saturated rings. The molecule has 2 aromatic rings. The van der Waals surface area contributed by atoms with E-state index in [2.05, 4.69) is 42.0 Å². The van der Waals surface area contributed by atoms with Crippen molar-refractivity contribution in [2.24, 2.45) is 0 Å². The molecule has 0 unspecified atom stereocenters. The van der Waals surface area contributed by atoms with Crippen LogP contribution in [0.5, 0.6) is 0 Å². The molecule has 0 atom stereocenters. The summed E-state index contributed by atoms with van der Waals surface area (Å²) < 4.78 is 9.19. The van der Waals surface area contributed by atoms with E-state index in [1.165, 1.54) is 17.4 Å². The van der Waals surface area contributed by atoms with Crippen molar-refractivity contribution in [3.8, 4) is 0 Å². The molecule has 0 aliphatic carbocycles. The molecular formula is C9H12N3S+. The van der Waals surface area contributed by atoms with Gasteiger partial charge in [-0.25, -0.2) is 0 Å². The van der Waals surface area contributed by atoms with Crippen LogP contribution in [0, 0.1) is 0 Å². The highest BCUT2D eigenvalue weighted by atomic mass is 32.1. The molecule has 0 aliphatic rings. The Bertz CT molecular complexity index is 428. The number of nitrogens with zero attached hydrogens (tertiary/aromatic N) is 3. The summed E-state index contributed by atoms with van der Waals surface area (Å²) in [5.41, 5.74) is 3.23. The Balaban J connectivity index is 2.61. The van der Waals surface area contributed by atoms with Gasteiger partial charge in [-0.1, -0.05) is 0 Å². The van der Waals surface area contributed by atoms with E-state index in [1.54, 1.807) is 0 Å². The predicted octanol–water partition coefficient (Wildman–Crippen LogP) is 1.89.